The number of benzene rings is 3. The van der Waals surface area contributed by atoms with Crippen molar-refractivity contribution in [1.82, 2.24) is 9.47 Å². The maximum atomic E-state index is 13.8. The molecule has 4 aromatic rings. The standard InChI is InChI=1S/C37H38N2O7/c1-5-44-34(42)37(45-25-26-14-7-6-8-15-26,21-13-23-38-32(40)29-17-10-11-18-30(29)33(38)41)22-20-28-24-27-16-9-12-19-31(27)39(28)35(43)46-36(2,3)4/h6-12,14-20,22,24H,5,13,21,23,25H2,1-4H3/b22-20-/t37-/m0/s1. The average Bonchev–Trinajstić information content (AvgIpc) is 3.53. The van der Waals surface area contributed by atoms with Gasteiger partial charge in [0.15, 0.2) is 5.60 Å². The van der Waals surface area contributed by atoms with Crippen molar-refractivity contribution in [3.63, 3.8) is 0 Å². The van der Waals surface area contributed by atoms with Crippen molar-refractivity contribution in [2.24, 2.45) is 0 Å². The summed E-state index contributed by atoms with van der Waals surface area (Å²) >= 11 is 0. The van der Waals surface area contributed by atoms with E-state index in [1.165, 1.54) is 9.47 Å². The van der Waals surface area contributed by atoms with Crippen molar-refractivity contribution in [3.8, 4) is 0 Å². The van der Waals surface area contributed by atoms with Crippen LogP contribution >= 0.6 is 0 Å². The second-order valence-corrected chi connectivity index (χ2v) is 12.1. The van der Waals surface area contributed by atoms with Crippen molar-refractivity contribution < 1.29 is 33.4 Å². The summed E-state index contributed by atoms with van der Waals surface area (Å²) in [5, 5.41) is 0.811. The molecule has 1 atom stereocenters. The van der Waals surface area contributed by atoms with Gasteiger partial charge in [0, 0.05) is 11.9 Å². The first-order chi connectivity index (χ1) is 22.0. The fraction of sp³-hybridized carbons (Fsp3) is 0.297. The molecule has 3 aromatic carbocycles. The molecule has 0 saturated heterocycles. The lowest BCUT2D eigenvalue weighted by atomic mass is 9.95. The third-order valence-corrected chi connectivity index (χ3v) is 7.61. The van der Waals surface area contributed by atoms with Crippen molar-refractivity contribution >= 4 is 40.9 Å². The number of esters is 1. The molecule has 0 bridgehead atoms. The third-order valence-electron chi connectivity index (χ3n) is 7.61. The summed E-state index contributed by atoms with van der Waals surface area (Å²) in [7, 11) is 0. The fourth-order valence-electron chi connectivity index (χ4n) is 5.44. The van der Waals surface area contributed by atoms with Crippen molar-refractivity contribution in [3.05, 3.63) is 113 Å². The number of rotatable bonds is 11. The van der Waals surface area contributed by atoms with E-state index in [0.717, 1.165) is 10.9 Å². The highest BCUT2D eigenvalue weighted by molar-refractivity contribution is 6.21. The van der Waals surface area contributed by atoms with E-state index in [0.29, 0.717) is 22.3 Å². The minimum absolute atomic E-state index is 0.0776. The topological polar surface area (TPSA) is 104 Å². The number of carbonyl (C=O) groups excluding carboxylic acids is 4. The number of aromatic nitrogens is 1. The average molecular weight is 623 g/mol. The molecule has 0 radical (unpaired) electrons. The summed E-state index contributed by atoms with van der Waals surface area (Å²) in [6, 6.07) is 25.4. The summed E-state index contributed by atoms with van der Waals surface area (Å²) in [5.41, 5.74) is 0.342. The van der Waals surface area contributed by atoms with Gasteiger partial charge in [-0.25, -0.2) is 14.2 Å². The molecule has 9 heteroatoms. The second-order valence-electron chi connectivity index (χ2n) is 12.1. The maximum absolute atomic E-state index is 13.8. The van der Waals surface area contributed by atoms with Gasteiger partial charge in [-0.2, -0.15) is 0 Å². The van der Waals surface area contributed by atoms with Crippen LogP contribution in [0.4, 0.5) is 4.79 Å². The minimum Gasteiger partial charge on any atom is -0.464 e. The van der Waals surface area contributed by atoms with Gasteiger partial charge in [0.2, 0.25) is 0 Å². The Morgan fingerprint density at radius 2 is 1.48 bits per heavy atom. The molecular formula is C37H38N2O7. The van der Waals surface area contributed by atoms with Crippen molar-refractivity contribution in [1.29, 1.82) is 0 Å². The van der Waals surface area contributed by atoms with Gasteiger partial charge in [-0.3, -0.25) is 14.5 Å². The lowest BCUT2D eigenvalue weighted by Gasteiger charge is -2.29. The van der Waals surface area contributed by atoms with Crippen LogP contribution in [0.25, 0.3) is 17.0 Å². The second kappa shape index (κ2) is 13.5. The molecule has 0 aliphatic carbocycles. The number of nitrogens with zero attached hydrogens (tertiary/aromatic N) is 2. The molecule has 0 unspecified atom stereocenters. The zero-order valence-electron chi connectivity index (χ0n) is 26.5. The van der Waals surface area contributed by atoms with Crippen LogP contribution in [-0.2, 0) is 25.6 Å². The largest absolute Gasteiger partial charge is 0.464 e. The Morgan fingerprint density at radius 3 is 2.13 bits per heavy atom. The number of carbonyl (C=O) groups is 4. The molecular weight excluding hydrogens is 584 g/mol. The van der Waals surface area contributed by atoms with Crippen LogP contribution in [0.1, 0.15) is 72.5 Å². The van der Waals surface area contributed by atoms with Gasteiger partial charge in [0.05, 0.1) is 35.6 Å². The molecule has 0 spiro atoms. The zero-order valence-corrected chi connectivity index (χ0v) is 26.5. The molecule has 1 aliphatic rings. The maximum Gasteiger partial charge on any atom is 0.419 e. The van der Waals surface area contributed by atoms with E-state index < -0.39 is 23.3 Å². The fourth-order valence-corrected chi connectivity index (χ4v) is 5.44. The smallest absolute Gasteiger partial charge is 0.419 e. The number of amides is 2. The summed E-state index contributed by atoms with van der Waals surface area (Å²) in [6.45, 7) is 7.37. The number of ether oxygens (including phenoxy) is 3. The highest BCUT2D eigenvalue weighted by atomic mass is 16.6. The molecule has 0 N–H and O–H groups in total. The lowest BCUT2D eigenvalue weighted by Crippen LogP contribution is -2.42. The van der Waals surface area contributed by atoms with Gasteiger partial charge in [0.25, 0.3) is 11.8 Å². The van der Waals surface area contributed by atoms with Gasteiger partial charge in [-0.15, -0.1) is 0 Å². The molecule has 2 heterocycles. The Morgan fingerprint density at radius 1 is 0.848 bits per heavy atom. The van der Waals surface area contributed by atoms with Crippen LogP contribution in [0, 0.1) is 0 Å². The Hall–Kier alpha value is -5.02. The molecule has 0 fully saturated rings. The molecule has 46 heavy (non-hydrogen) atoms. The number of imide groups is 1. The molecule has 9 nitrogen and oxygen atoms in total. The first-order valence-corrected chi connectivity index (χ1v) is 15.4. The number of para-hydroxylation sites is 1. The van der Waals surface area contributed by atoms with Crippen molar-refractivity contribution in [2.45, 2.75) is 58.3 Å². The highest BCUT2D eigenvalue weighted by Gasteiger charge is 2.40. The van der Waals surface area contributed by atoms with Gasteiger partial charge in [-0.1, -0.05) is 60.7 Å². The Kier molecular flexibility index (Phi) is 9.53. The van der Waals surface area contributed by atoms with Crippen LogP contribution < -0.4 is 0 Å². The predicted octanol–water partition coefficient (Wildman–Crippen LogP) is 7.03. The molecule has 238 valence electrons. The van der Waals surface area contributed by atoms with Crippen LogP contribution in [0.2, 0.25) is 0 Å². The summed E-state index contributed by atoms with van der Waals surface area (Å²) in [6.07, 6.45) is 3.04. The van der Waals surface area contributed by atoms with Crippen molar-refractivity contribution in [2.75, 3.05) is 13.2 Å². The Bertz CT molecular complexity index is 1750. The normalized spacial score (nSPS) is 14.5. The third kappa shape index (κ3) is 6.94. The van der Waals surface area contributed by atoms with E-state index in [-0.39, 0.29) is 44.4 Å². The lowest BCUT2D eigenvalue weighted by molar-refractivity contribution is -0.168. The van der Waals surface area contributed by atoms with E-state index in [4.69, 9.17) is 14.2 Å². The van der Waals surface area contributed by atoms with Crippen LogP contribution in [-0.4, -0.2) is 57.7 Å². The first kappa shape index (κ1) is 32.4. The minimum atomic E-state index is -1.61. The van der Waals surface area contributed by atoms with Crippen LogP contribution in [0.3, 0.4) is 0 Å². The van der Waals surface area contributed by atoms with Gasteiger partial charge in [0.1, 0.15) is 5.60 Å². The van der Waals surface area contributed by atoms with E-state index in [9.17, 15) is 19.2 Å². The molecule has 0 saturated carbocycles. The monoisotopic (exact) mass is 622 g/mol. The molecule has 2 amide bonds. The zero-order chi connectivity index (χ0) is 32.9. The number of fused-ring (bicyclic) bond motifs is 2. The number of hydrogen-bond acceptors (Lipinski definition) is 7. The Balaban J connectivity index is 1.50. The summed E-state index contributed by atoms with van der Waals surface area (Å²) < 4.78 is 19.1. The molecule has 1 aromatic heterocycles. The first-order valence-electron chi connectivity index (χ1n) is 15.4. The van der Waals surface area contributed by atoms with E-state index >= 15 is 0 Å². The molecule has 1 aliphatic heterocycles. The summed E-state index contributed by atoms with van der Waals surface area (Å²) in [4.78, 5) is 54.4. The predicted molar refractivity (Wildman–Crippen MR) is 174 cm³/mol. The van der Waals surface area contributed by atoms with Gasteiger partial charge in [-0.05, 0) is 82.5 Å². The highest BCUT2D eigenvalue weighted by Crippen LogP contribution is 2.30. The van der Waals surface area contributed by atoms with E-state index in [2.05, 4.69) is 0 Å². The summed E-state index contributed by atoms with van der Waals surface area (Å²) in [5.74, 6) is -1.36. The van der Waals surface area contributed by atoms with Gasteiger partial charge < -0.3 is 14.2 Å². The quantitative estimate of drug-likeness (QED) is 0.131. The van der Waals surface area contributed by atoms with Gasteiger partial charge >= 0.3 is 12.1 Å². The van der Waals surface area contributed by atoms with E-state index in [1.54, 1.807) is 64.1 Å². The number of hydrogen-bond donors (Lipinski definition) is 0. The van der Waals surface area contributed by atoms with Crippen LogP contribution in [0.5, 0.6) is 0 Å². The SMILES string of the molecule is CCOC(=O)[C@@](/C=C\c1cc2ccccc2n1C(=O)OC(C)(C)C)(CCCN1C(=O)c2ccccc2C1=O)OCc1ccccc1. The Labute approximate surface area is 268 Å². The van der Waals surface area contributed by atoms with E-state index in [1.807, 2.05) is 60.7 Å². The molecule has 5 rings (SSSR count). The van der Waals surface area contributed by atoms with Crippen LogP contribution in [0.15, 0.2) is 91.0 Å².